The highest BCUT2D eigenvalue weighted by molar-refractivity contribution is 5.97. The normalized spacial score (nSPS) is 14.4. The number of pyridine rings is 1. The minimum absolute atomic E-state index is 0.0248. The smallest absolute Gasteiger partial charge is 0.257 e. The van der Waals surface area contributed by atoms with Gasteiger partial charge in [-0.25, -0.2) is 0 Å². The average Bonchev–Trinajstić information content (AvgIpc) is 2.50. The molecular weight excluding hydrogens is 280 g/mol. The number of nitrogens with zero attached hydrogens (tertiary/aromatic N) is 2. The first kappa shape index (κ1) is 14.4. The Balaban J connectivity index is 1.60. The molecule has 1 saturated heterocycles. The fourth-order valence-electron chi connectivity index (χ4n) is 2.46. The van der Waals surface area contributed by atoms with Crippen LogP contribution in [0.3, 0.4) is 0 Å². The minimum Gasteiger partial charge on any atom is -0.496 e. The molecule has 0 N–H and O–H groups in total. The van der Waals surface area contributed by atoms with Crippen LogP contribution in [0.25, 0.3) is 0 Å². The van der Waals surface area contributed by atoms with E-state index in [1.165, 1.54) is 0 Å². The summed E-state index contributed by atoms with van der Waals surface area (Å²) in [4.78, 5) is 18.3. The van der Waals surface area contributed by atoms with Crippen LogP contribution < -0.4 is 9.47 Å². The molecule has 5 nitrogen and oxygen atoms in total. The Labute approximate surface area is 129 Å². The van der Waals surface area contributed by atoms with E-state index < -0.39 is 0 Å². The van der Waals surface area contributed by atoms with Crippen LogP contribution in [0.2, 0.25) is 0 Å². The van der Waals surface area contributed by atoms with E-state index >= 15 is 0 Å². The number of rotatable bonds is 4. The molecule has 0 bridgehead atoms. The molecule has 2 heterocycles. The van der Waals surface area contributed by atoms with E-state index in [0.29, 0.717) is 24.4 Å². The second kappa shape index (κ2) is 6.05. The standard InChI is InChI=1S/C17H18N2O3/c1-12-9-13(7-8-18-12)22-14-10-19(11-14)17(20)15-5-3-4-6-16(15)21-2/h3-9,14H,10-11H2,1-2H3. The zero-order valence-electron chi connectivity index (χ0n) is 12.7. The molecule has 0 radical (unpaired) electrons. The molecule has 1 aromatic carbocycles. The summed E-state index contributed by atoms with van der Waals surface area (Å²) in [6.07, 6.45) is 1.75. The number of amides is 1. The number of ether oxygens (including phenoxy) is 2. The van der Waals surface area contributed by atoms with Crippen molar-refractivity contribution in [2.45, 2.75) is 13.0 Å². The number of likely N-dealkylation sites (tertiary alicyclic amines) is 1. The zero-order chi connectivity index (χ0) is 15.5. The lowest BCUT2D eigenvalue weighted by Crippen LogP contribution is -2.56. The topological polar surface area (TPSA) is 51.7 Å². The van der Waals surface area contributed by atoms with Crippen molar-refractivity contribution < 1.29 is 14.3 Å². The summed E-state index contributed by atoms with van der Waals surface area (Å²) in [6, 6.07) is 11.0. The molecule has 22 heavy (non-hydrogen) atoms. The van der Waals surface area contributed by atoms with Crippen molar-refractivity contribution in [1.29, 1.82) is 0 Å². The molecule has 1 aliphatic heterocycles. The highest BCUT2D eigenvalue weighted by atomic mass is 16.5. The number of aryl methyl sites for hydroxylation is 1. The molecule has 1 aromatic heterocycles. The number of carbonyl (C=O) groups excluding carboxylic acids is 1. The van der Waals surface area contributed by atoms with E-state index in [9.17, 15) is 4.79 Å². The lowest BCUT2D eigenvalue weighted by atomic mass is 10.1. The van der Waals surface area contributed by atoms with Gasteiger partial charge in [-0.1, -0.05) is 12.1 Å². The summed E-state index contributed by atoms with van der Waals surface area (Å²) >= 11 is 0. The van der Waals surface area contributed by atoms with Gasteiger partial charge in [-0.2, -0.15) is 0 Å². The molecule has 0 unspecified atom stereocenters. The first-order valence-electron chi connectivity index (χ1n) is 7.19. The van der Waals surface area contributed by atoms with Crippen molar-refractivity contribution in [2.75, 3.05) is 20.2 Å². The number of benzene rings is 1. The van der Waals surface area contributed by atoms with Gasteiger partial charge in [0.1, 0.15) is 17.6 Å². The van der Waals surface area contributed by atoms with Crippen LogP contribution in [-0.4, -0.2) is 42.1 Å². The summed E-state index contributed by atoms with van der Waals surface area (Å²) in [6.45, 7) is 3.08. The van der Waals surface area contributed by atoms with Crippen LogP contribution >= 0.6 is 0 Å². The van der Waals surface area contributed by atoms with Crippen LogP contribution in [-0.2, 0) is 0 Å². The Kier molecular flexibility index (Phi) is 3.96. The number of para-hydroxylation sites is 1. The second-order valence-electron chi connectivity index (χ2n) is 5.28. The number of hydrogen-bond donors (Lipinski definition) is 0. The highest BCUT2D eigenvalue weighted by Crippen LogP contribution is 2.24. The predicted molar refractivity (Wildman–Crippen MR) is 82.3 cm³/mol. The zero-order valence-corrected chi connectivity index (χ0v) is 12.7. The molecule has 1 aliphatic rings. The van der Waals surface area contributed by atoms with Crippen molar-refractivity contribution in [3.63, 3.8) is 0 Å². The lowest BCUT2D eigenvalue weighted by molar-refractivity contribution is 0.0175. The Bertz CT molecular complexity index is 681. The summed E-state index contributed by atoms with van der Waals surface area (Å²) in [5.41, 5.74) is 1.50. The van der Waals surface area contributed by atoms with Gasteiger partial charge < -0.3 is 14.4 Å². The maximum Gasteiger partial charge on any atom is 0.257 e. The number of carbonyl (C=O) groups is 1. The van der Waals surface area contributed by atoms with Crippen molar-refractivity contribution >= 4 is 5.91 Å². The molecule has 5 heteroatoms. The van der Waals surface area contributed by atoms with Gasteiger partial charge in [0.05, 0.1) is 25.8 Å². The van der Waals surface area contributed by atoms with Crippen molar-refractivity contribution in [3.8, 4) is 11.5 Å². The van der Waals surface area contributed by atoms with Crippen molar-refractivity contribution in [3.05, 3.63) is 53.9 Å². The van der Waals surface area contributed by atoms with Gasteiger partial charge in [0.2, 0.25) is 0 Å². The minimum atomic E-state index is -0.0248. The molecule has 0 spiro atoms. The van der Waals surface area contributed by atoms with Crippen LogP contribution in [0, 0.1) is 6.92 Å². The molecule has 3 rings (SSSR count). The average molecular weight is 298 g/mol. The van der Waals surface area contributed by atoms with Gasteiger partial charge in [0.15, 0.2) is 0 Å². The lowest BCUT2D eigenvalue weighted by Gasteiger charge is -2.39. The van der Waals surface area contributed by atoms with Crippen molar-refractivity contribution in [1.82, 2.24) is 9.88 Å². The number of methoxy groups -OCH3 is 1. The molecule has 114 valence electrons. The molecule has 2 aromatic rings. The third-order valence-corrected chi connectivity index (χ3v) is 3.64. The van der Waals surface area contributed by atoms with Gasteiger partial charge in [0, 0.05) is 18.0 Å². The summed E-state index contributed by atoms with van der Waals surface area (Å²) in [7, 11) is 1.57. The van der Waals surface area contributed by atoms with Crippen LogP contribution in [0.4, 0.5) is 0 Å². The van der Waals surface area contributed by atoms with Crippen molar-refractivity contribution in [2.24, 2.45) is 0 Å². The van der Waals surface area contributed by atoms with Gasteiger partial charge in [0.25, 0.3) is 5.91 Å². The van der Waals surface area contributed by atoms with Gasteiger partial charge >= 0.3 is 0 Å². The molecule has 1 fully saturated rings. The third-order valence-electron chi connectivity index (χ3n) is 3.64. The predicted octanol–water partition coefficient (Wildman–Crippen LogP) is 2.30. The van der Waals surface area contributed by atoms with E-state index in [4.69, 9.17) is 9.47 Å². The van der Waals surface area contributed by atoms with Gasteiger partial charge in [-0.3, -0.25) is 9.78 Å². The highest BCUT2D eigenvalue weighted by Gasteiger charge is 2.33. The van der Waals surface area contributed by atoms with Crippen LogP contribution in [0.1, 0.15) is 16.1 Å². The second-order valence-corrected chi connectivity index (χ2v) is 5.28. The van der Waals surface area contributed by atoms with E-state index in [2.05, 4.69) is 4.98 Å². The first-order valence-corrected chi connectivity index (χ1v) is 7.19. The monoisotopic (exact) mass is 298 g/mol. The summed E-state index contributed by atoms with van der Waals surface area (Å²) in [5, 5.41) is 0. The summed E-state index contributed by atoms with van der Waals surface area (Å²) < 4.78 is 11.1. The Hall–Kier alpha value is -2.56. The molecule has 0 atom stereocenters. The van der Waals surface area contributed by atoms with Gasteiger partial charge in [-0.05, 0) is 25.1 Å². The largest absolute Gasteiger partial charge is 0.496 e. The van der Waals surface area contributed by atoms with Gasteiger partial charge in [-0.15, -0.1) is 0 Å². The molecule has 0 saturated carbocycles. The van der Waals surface area contributed by atoms with Crippen LogP contribution in [0.15, 0.2) is 42.6 Å². The fraction of sp³-hybridized carbons (Fsp3) is 0.294. The SMILES string of the molecule is COc1ccccc1C(=O)N1CC(Oc2ccnc(C)c2)C1. The van der Waals surface area contributed by atoms with Crippen LogP contribution in [0.5, 0.6) is 11.5 Å². The van der Waals surface area contributed by atoms with E-state index in [1.807, 2.05) is 31.2 Å². The fourth-order valence-corrected chi connectivity index (χ4v) is 2.46. The number of hydrogen-bond acceptors (Lipinski definition) is 4. The Morgan fingerprint density at radius 2 is 2.05 bits per heavy atom. The maximum atomic E-state index is 12.4. The quantitative estimate of drug-likeness (QED) is 0.869. The Morgan fingerprint density at radius 3 is 2.77 bits per heavy atom. The van der Waals surface area contributed by atoms with E-state index in [0.717, 1.165) is 11.4 Å². The molecular formula is C17H18N2O3. The van der Waals surface area contributed by atoms with E-state index in [1.54, 1.807) is 30.3 Å². The molecule has 0 aliphatic carbocycles. The van der Waals surface area contributed by atoms with E-state index in [-0.39, 0.29) is 12.0 Å². The molecule has 1 amide bonds. The first-order chi connectivity index (χ1) is 10.7. The third kappa shape index (κ3) is 2.88. The maximum absolute atomic E-state index is 12.4. The Morgan fingerprint density at radius 1 is 1.27 bits per heavy atom. The number of aromatic nitrogens is 1. The summed E-state index contributed by atoms with van der Waals surface area (Å²) in [5.74, 6) is 1.37.